The number of thiophene rings is 1. The van der Waals surface area contributed by atoms with Gasteiger partial charge in [-0.1, -0.05) is 6.07 Å². The maximum absolute atomic E-state index is 12.0. The number of anilines is 2. The van der Waals surface area contributed by atoms with Crippen LogP contribution in [0.25, 0.3) is 0 Å². The number of hydrogen-bond acceptors (Lipinski definition) is 5. The molecule has 18 heavy (non-hydrogen) atoms. The van der Waals surface area contributed by atoms with Gasteiger partial charge >= 0.3 is 0 Å². The van der Waals surface area contributed by atoms with Gasteiger partial charge in [-0.05, 0) is 29.6 Å². The molecule has 0 unspecified atom stereocenters. The molecular weight excluding hydrogens is 270 g/mol. The Kier molecular flexibility index (Phi) is 3.23. The third-order valence-corrected chi connectivity index (χ3v) is 4.93. The van der Waals surface area contributed by atoms with Gasteiger partial charge in [-0.25, -0.2) is 8.42 Å². The van der Waals surface area contributed by atoms with E-state index in [0.29, 0.717) is 5.69 Å². The van der Waals surface area contributed by atoms with Gasteiger partial charge in [-0.15, -0.1) is 11.3 Å². The minimum absolute atomic E-state index is 0.190. The Morgan fingerprint density at radius 1 is 1.33 bits per heavy atom. The molecule has 0 spiro atoms. The molecule has 0 atom stereocenters. The van der Waals surface area contributed by atoms with E-state index in [1.807, 2.05) is 6.07 Å². The van der Waals surface area contributed by atoms with Crippen molar-refractivity contribution >= 4 is 32.7 Å². The first-order chi connectivity index (χ1) is 8.53. The van der Waals surface area contributed by atoms with Crippen LogP contribution >= 0.6 is 11.3 Å². The van der Waals surface area contributed by atoms with E-state index in [0.717, 1.165) is 11.3 Å². The van der Waals surface area contributed by atoms with Crippen LogP contribution in [0, 0.1) is 11.3 Å². The molecule has 0 bridgehead atoms. The molecule has 2 aromatic rings. The van der Waals surface area contributed by atoms with Crippen molar-refractivity contribution in [3.05, 3.63) is 41.3 Å². The third-order valence-electron chi connectivity index (χ3n) is 2.17. The Bertz CT molecular complexity index is 700. The lowest BCUT2D eigenvalue weighted by molar-refractivity contribution is 0.603. The summed E-state index contributed by atoms with van der Waals surface area (Å²) in [6.07, 6.45) is 0. The molecule has 0 aliphatic carbocycles. The maximum atomic E-state index is 12.0. The molecule has 2 rings (SSSR count). The van der Waals surface area contributed by atoms with Crippen LogP contribution in [0.15, 0.2) is 39.9 Å². The molecule has 1 aromatic heterocycles. The zero-order valence-corrected chi connectivity index (χ0v) is 10.8. The standard InChI is InChI=1S/C11H9N3O2S2/c12-7-8-6-9(13)3-4-10(8)14-18(15,16)11-2-1-5-17-11/h1-6,14H,13H2. The van der Waals surface area contributed by atoms with E-state index in [4.69, 9.17) is 11.0 Å². The van der Waals surface area contributed by atoms with Gasteiger partial charge in [0, 0.05) is 5.69 Å². The number of sulfonamides is 1. The monoisotopic (exact) mass is 279 g/mol. The molecule has 0 radical (unpaired) electrons. The van der Waals surface area contributed by atoms with Gasteiger partial charge in [0.1, 0.15) is 10.3 Å². The smallest absolute Gasteiger partial charge is 0.271 e. The Labute approximate surface area is 109 Å². The fourth-order valence-electron chi connectivity index (χ4n) is 1.35. The van der Waals surface area contributed by atoms with E-state index >= 15 is 0 Å². The second kappa shape index (κ2) is 4.68. The molecule has 92 valence electrons. The number of nitrogens with one attached hydrogen (secondary N) is 1. The van der Waals surface area contributed by atoms with E-state index in [-0.39, 0.29) is 15.5 Å². The van der Waals surface area contributed by atoms with Gasteiger partial charge < -0.3 is 5.73 Å². The van der Waals surface area contributed by atoms with Crippen LogP contribution in [0.5, 0.6) is 0 Å². The van der Waals surface area contributed by atoms with Crippen molar-refractivity contribution < 1.29 is 8.42 Å². The summed E-state index contributed by atoms with van der Waals surface area (Å²) in [6.45, 7) is 0. The van der Waals surface area contributed by atoms with E-state index in [2.05, 4.69) is 4.72 Å². The molecular formula is C11H9N3O2S2. The minimum Gasteiger partial charge on any atom is -0.399 e. The maximum Gasteiger partial charge on any atom is 0.271 e. The van der Waals surface area contributed by atoms with Crippen LogP contribution in [0.1, 0.15) is 5.56 Å². The molecule has 0 aliphatic rings. The lowest BCUT2D eigenvalue weighted by Gasteiger charge is -2.08. The summed E-state index contributed by atoms with van der Waals surface area (Å²) in [7, 11) is -3.64. The molecule has 0 saturated heterocycles. The number of nitriles is 1. The lowest BCUT2D eigenvalue weighted by atomic mass is 10.2. The van der Waals surface area contributed by atoms with E-state index in [1.54, 1.807) is 11.4 Å². The molecule has 0 fully saturated rings. The quantitative estimate of drug-likeness (QED) is 0.840. The van der Waals surface area contributed by atoms with Gasteiger partial charge in [0.25, 0.3) is 10.0 Å². The number of nitrogens with two attached hydrogens (primary N) is 1. The minimum atomic E-state index is -3.64. The van der Waals surface area contributed by atoms with Crippen molar-refractivity contribution in [3.63, 3.8) is 0 Å². The Balaban J connectivity index is 2.39. The average molecular weight is 279 g/mol. The van der Waals surface area contributed by atoms with Crippen LogP contribution in [-0.4, -0.2) is 8.42 Å². The second-order valence-electron chi connectivity index (χ2n) is 3.45. The van der Waals surface area contributed by atoms with E-state index in [9.17, 15) is 8.42 Å². The first-order valence-electron chi connectivity index (χ1n) is 4.89. The van der Waals surface area contributed by atoms with Crippen LogP contribution in [-0.2, 0) is 10.0 Å². The van der Waals surface area contributed by atoms with E-state index in [1.165, 1.54) is 24.3 Å². The van der Waals surface area contributed by atoms with E-state index < -0.39 is 10.0 Å². The summed E-state index contributed by atoms with van der Waals surface area (Å²) in [5.41, 5.74) is 6.36. The van der Waals surface area contributed by atoms with Crippen molar-refractivity contribution in [1.29, 1.82) is 5.26 Å². The largest absolute Gasteiger partial charge is 0.399 e. The van der Waals surface area contributed by atoms with Gasteiger partial charge in [-0.3, -0.25) is 4.72 Å². The second-order valence-corrected chi connectivity index (χ2v) is 6.31. The first kappa shape index (κ1) is 12.4. The van der Waals surface area contributed by atoms with Gasteiger partial charge in [0.15, 0.2) is 0 Å². The zero-order chi connectivity index (χ0) is 13.2. The first-order valence-corrected chi connectivity index (χ1v) is 7.25. The number of rotatable bonds is 3. The predicted octanol–water partition coefficient (Wildman–Crippen LogP) is 2.00. The normalized spacial score (nSPS) is 10.8. The molecule has 1 heterocycles. The Morgan fingerprint density at radius 3 is 2.72 bits per heavy atom. The SMILES string of the molecule is N#Cc1cc(N)ccc1NS(=O)(=O)c1cccs1. The molecule has 7 heteroatoms. The highest BCUT2D eigenvalue weighted by Crippen LogP contribution is 2.23. The number of nitrogens with zero attached hydrogens (tertiary/aromatic N) is 1. The van der Waals surface area contributed by atoms with Crippen LogP contribution in [0.3, 0.4) is 0 Å². The Hall–Kier alpha value is -2.04. The van der Waals surface area contributed by atoms with Crippen LogP contribution < -0.4 is 10.5 Å². The van der Waals surface area contributed by atoms with Gasteiger partial charge in [0.05, 0.1) is 11.3 Å². The summed E-state index contributed by atoms with van der Waals surface area (Å²) in [5.74, 6) is 0. The van der Waals surface area contributed by atoms with Crippen molar-refractivity contribution in [3.8, 4) is 6.07 Å². The van der Waals surface area contributed by atoms with Crippen LogP contribution in [0.4, 0.5) is 11.4 Å². The molecule has 0 aliphatic heterocycles. The van der Waals surface area contributed by atoms with Crippen LogP contribution in [0.2, 0.25) is 0 Å². The number of nitrogen functional groups attached to an aromatic ring is 1. The summed E-state index contributed by atoms with van der Waals surface area (Å²) < 4.78 is 26.5. The number of benzene rings is 1. The fraction of sp³-hybridized carbons (Fsp3) is 0. The highest BCUT2D eigenvalue weighted by molar-refractivity contribution is 7.94. The van der Waals surface area contributed by atoms with Gasteiger partial charge in [0.2, 0.25) is 0 Å². The topological polar surface area (TPSA) is 96.0 Å². The molecule has 5 nitrogen and oxygen atoms in total. The predicted molar refractivity (Wildman–Crippen MR) is 70.7 cm³/mol. The molecule has 0 amide bonds. The van der Waals surface area contributed by atoms with Gasteiger partial charge in [-0.2, -0.15) is 5.26 Å². The molecule has 3 N–H and O–H groups in total. The summed E-state index contributed by atoms with van der Waals surface area (Å²) in [6, 6.07) is 9.47. The average Bonchev–Trinajstić information content (AvgIpc) is 2.85. The summed E-state index contributed by atoms with van der Waals surface area (Å²) in [5, 5.41) is 10.6. The van der Waals surface area contributed by atoms with Crippen molar-refractivity contribution in [2.75, 3.05) is 10.5 Å². The number of hydrogen-bond donors (Lipinski definition) is 2. The fourth-order valence-corrected chi connectivity index (χ4v) is 3.43. The van der Waals surface area contributed by atoms with Crippen molar-refractivity contribution in [1.82, 2.24) is 0 Å². The highest BCUT2D eigenvalue weighted by atomic mass is 32.2. The van der Waals surface area contributed by atoms with Crippen molar-refractivity contribution in [2.24, 2.45) is 0 Å². The van der Waals surface area contributed by atoms with Crippen molar-refractivity contribution in [2.45, 2.75) is 4.21 Å². The Morgan fingerprint density at radius 2 is 2.11 bits per heavy atom. The zero-order valence-electron chi connectivity index (χ0n) is 9.12. The lowest BCUT2D eigenvalue weighted by Crippen LogP contribution is -2.12. The summed E-state index contributed by atoms with van der Waals surface area (Å²) in [4.78, 5) is 0. The highest BCUT2D eigenvalue weighted by Gasteiger charge is 2.16. The molecule has 0 saturated carbocycles. The molecule has 1 aromatic carbocycles. The summed E-state index contributed by atoms with van der Waals surface area (Å²) >= 11 is 1.11. The third kappa shape index (κ3) is 2.45.